The first-order valence-electron chi connectivity index (χ1n) is 3.53. The lowest BCUT2D eigenvalue weighted by molar-refractivity contribution is 0.940. The van der Waals surface area contributed by atoms with Gasteiger partial charge in [-0.3, -0.25) is 0 Å². The Morgan fingerprint density at radius 1 is 1.09 bits per heavy atom. The summed E-state index contributed by atoms with van der Waals surface area (Å²) in [4.78, 5) is 0. The molecule has 1 unspecified atom stereocenters. The van der Waals surface area contributed by atoms with E-state index in [-0.39, 0.29) is 9.90 Å². The Hall–Kier alpha value is 0.130. The lowest BCUT2D eigenvalue weighted by Gasteiger charge is -1.95. The highest BCUT2D eigenvalue weighted by Gasteiger charge is 1.87. The molecule has 2 heteroatoms. The molecule has 0 aliphatic heterocycles. The van der Waals surface area contributed by atoms with Crippen molar-refractivity contribution in [3.8, 4) is 0 Å². The average molecular weight is 233 g/mol. The van der Waals surface area contributed by atoms with Gasteiger partial charge >= 0.3 is 0 Å². The highest BCUT2D eigenvalue weighted by Crippen LogP contribution is 2.02. The molecular formula is C9H14BrP. The van der Waals surface area contributed by atoms with E-state index in [4.69, 9.17) is 0 Å². The highest BCUT2D eigenvalue weighted by atomic mass is 79.9. The molecule has 0 amide bonds. The van der Waals surface area contributed by atoms with Crippen molar-refractivity contribution < 1.29 is 0 Å². The first kappa shape index (κ1) is 11.1. The molecule has 0 spiro atoms. The van der Waals surface area contributed by atoms with E-state index in [1.165, 1.54) is 18.4 Å². The highest BCUT2D eigenvalue weighted by molar-refractivity contribution is 9.09. The Kier molecular flexibility index (Phi) is 6.90. The molecule has 1 aromatic rings. The van der Waals surface area contributed by atoms with Gasteiger partial charge in [-0.15, -0.1) is 0 Å². The van der Waals surface area contributed by atoms with E-state index in [2.05, 4.69) is 46.3 Å². The SMILES string of the molecule is BrCCCc1ccccc1.P. The van der Waals surface area contributed by atoms with Crippen molar-refractivity contribution in [1.82, 2.24) is 0 Å². The second-order valence-corrected chi connectivity index (χ2v) is 3.07. The predicted octanol–water partition coefficient (Wildman–Crippen LogP) is 3.07. The maximum atomic E-state index is 3.41. The van der Waals surface area contributed by atoms with Crippen LogP contribution in [0.25, 0.3) is 0 Å². The Morgan fingerprint density at radius 3 is 2.27 bits per heavy atom. The van der Waals surface area contributed by atoms with Crippen LogP contribution < -0.4 is 0 Å². The lowest BCUT2D eigenvalue weighted by Crippen LogP contribution is -1.83. The van der Waals surface area contributed by atoms with Gasteiger partial charge in [0.25, 0.3) is 0 Å². The summed E-state index contributed by atoms with van der Waals surface area (Å²) in [6.07, 6.45) is 2.41. The minimum Gasteiger partial charge on any atom is -0.153 e. The Labute approximate surface area is 80.1 Å². The van der Waals surface area contributed by atoms with E-state index < -0.39 is 0 Å². The molecule has 0 saturated carbocycles. The summed E-state index contributed by atoms with van der Waals surface area (Å²) in [6, 6.07) is 10.6. The van der Waals surface area contributed by atoms with Gasteiger partial charge in [0.15, 0.2) is 0 Å². The molecule has 62 valence electrons. The molecule has 0 aliphatic rings. The second kappa shape index (κ2) is 6.82. The van der Waals surface area contributed by atoms with E-state index in [0.29, 0.717) is 0 Å². The van der Waals surface area contributed by atoms with Crippen LogP contribution in [0.3, 0.4) is 0 Å². The van der Waals surface area contributed by atoms with Gasteiger partial charge in [-0.2, -0.15) is 9.90 Å². The maximum absolute atomic E-state index is 3.41. The van der Waals surface area contributed by atoms with E-state index >= 15 is 0 Å². The fraction of sp³-hybridized carbons (Fsp3) is 0.333. The van der Waals surface area contributed by atoms with Crippen LogP contribution in [0.1, 0.15) is 12.0 Å². The summed E-state index contributed by atoms with van der Waals surface area (Å²) < 4.78 is 0. The van der Waals surface area contributed by atoms with Gasteiger partial charge in [-0.1, -0.05) is 46.3 Å². The number of alkyl halides is 1. The van der Waals surface area contributed by atoms with Crippen LogP contribution in [0.15, 0.2) is 30.3 Å². The zero-order valence-corrected chi connectivity index (χ0v) is 9.59. The van der Waals surface area contributed by atoms with Crippen LogP contribution in [-0.4, -0.2) is 5.33 Å². The molecule has 0 saturated heterocycles. The van der Waals surface area contributed by atoms with E-state index in [9.17, 15) is 0 Å². The van der Waals surface area contributed by atoms with Gasteiger partial charge in [-0.25, -0.2) is 0 Å². The van der Waals surface area contributed by atoms with Crippen LogP contribution in [0, 0.1) is 0 Å². The number of hydrogen-bond donors (Lipinski definition) is 0. The predicted molar refractivity (Wildman–Crippen MR) is 59.7 cm³/mol. The van der Waals surface area contributed by atoms with Gasteiger partial charge in [0.05, 0.1) is 0 Å². The van der Waals surface area contributed by atoms with Gasteiger partial charge in [0.1, 0.15) is 0 Å². The largest absolute Gasteiger partial charge is 0.153 e. The molecule has 0 nitrogen and oxygen atoms in total. The van der Waals surface area contributed by atoms with E-state index in [1.807, 2.05) is 0 Å². The number of aryl methyl sites for hydroxylation is 1. The normalized spacial score (nSPS) is 8.82. The summed E-state index contributed by atoms with van der Waals surface area (Å²) in [5.41, 5.74) is 1.43. The number of benzene rings is 1. The van der Waals surface area contributed by atoms with Crippen molar-refractivity contribution in [3.63, 3.8) is 0 Å². The minimum absolute atomic E-state index is 0. The zero-order valence-electron chi connectivity index (χ0n) is 6.59. The van der Waals surface area contributed by atoms with Crippen molar-refractivity contribution in [3.05, 3.63) is 35.9 Å². The topological polar surface area (TPSA) is 0 Å². The fourth-order valence-corrected chi connectivity index (χ4v) is 1.20. The Bertz CT molecular complexity index is 174. The van der Waals surface area contributed by atoms with Crippen molar-refractivity contribution in [2.45, 2.75) is 12.8 Å². The molecule has 1 atom stereocenters. The Balaban J connectivity index is 0.000001000. The lowest BCUT2D eigenvalue weighted by atomic mass is 10.1. The molecule has 0 bridgehead atoms. The quantitative estimate of drug-likeness (QED) is 0.556. The molecule has 0 aromatic heterocycles. The standard InChI is InChI=1S/C9H11Br.H3P/c10-8-4-7-9-5-2-1-3-6-9;/h1-3,5-6H,4,7-8H2;1H3. The van der Waals surface area contributed by atoms with Gasteiger partial charge in [-0.05, 0) is 18.4 Å². The Morgan fingerprint density at radius 2 is 1.73 bits per heavy atom. The summed E-state index contributed by atoms with van der Waals surface area (Å²) in [7, 11) is 0. The summed E-state index contributed by atoms with van der Waals surface area (Å²) in [5.74, 6) is 0. The smallest absolute Gasteiger partial charge is 0.00344 e. The van der Waals surface area contributed by atoms with Crippen LogP contribution in [0.5, 0.6) is 0 Å². The number of hydrogen-bond acceptors (Lipinski definition) is 0. The van der Waals surface area contributed by atoms with Crippen molar-refractivity contribution in [2.24, 2.45) is 0 Å². The van der Waals surface area contributed by atoms with E-state index in [1.54, 1.807) is 0 Å². The average Bonchev–Trinajstić information content (AvgIpc) is 2.03. The summed E-state index contributed by atoms with van der Waals surface area (Å²) in [5, 5.41) is 1.10. The van der Waals surface area contributed by atoms with Gasteiger partial charge in [0, 0.05) is 5.33 Å². The number of halogens is 1. The summed E-state index contributed by atoms with van der Waals surface area (Å²) >= 11 is 3.41. The van der Waals surface area contributed by atoms with Gasteiger partial charge in [0.2, 0.25) is 0 Å². The third-order valence-corrected chi connectivity index (χ3v) is 2.00. The molecule has 1 aromatic carbocycles. The van der Waals surface area contributed by atoms with Crippen LogP contribution in [-0.2, 0) is 6.42 Å². The maximum Gasteiger partial charge on any atom is 0.00344 e. The molecule has 0 radical (unpaired) electrons. The first-order valence-corrected chi connectivity index (χ1v) is 4.65. The van der Waals surface area contributed by atoms with Crippen molar-refractivity contribution in [2.75, 3.05) is 5.33 Å². The van der Waals surface area contributed by atoms with Crippen molar-refractivity contribution in [1.29, 1.82) is 0 Å². The van der Waals surface area contributed by atoms with Gasteiger partial charge < -0.3 is 0 Å². The third kappa shape index (κ3) is 4.55. The van der Waals surface area contributed by atoms with Crippen LogP contribution in [0.4, 0.5) is 0 Å². The fourth-order valence-electron chi connectivity index (χ4n) is 0.916. The zero-order chi connectivity index (χ0) is 7.23. The molecule has 0 aliphatic carbocycles. The molecule has 11 heavy (non-hydrogen) atoms. The number of rotatable bonds is 3. The second-order valence-electron chi connectivity index (χ2n) is 2.28. The molecule has 0 N–H and O–H groups in total. The first-order chi connectivity index (χ1) is 4.93. The molecule has 0 heterocycles. The van der Waals surface area contributed by atoms with Crippen LogP contribution in [0.2, 0.25) is 0 Å². The van der Waals surface area contributed by atoms with E-state index in [0.717, 1.165) is 5.33 Å². The monoisotopic (exact) mass is 232 g/mol. The molecule has 1 rings (SSSR count). The van der Waals surface area contributed by atoms with Crippen molar-refractivity contribution >= 4 is 25.8 Å². The molecular weight excluding hydrogens is 219 g/mol. The third-order valence-electron chi connectivity index (χ3n) is 1.44. The summed E-state index contributed by atoms with van der Waals surface area (Å²) in [6.45, 7) is 0. The van der Waals surface area contributed by atoms with Crippen LogP contribution >= 0.6 is 25.8 Å². The molecule has 0 fully saturated rings. The minimum atomic E-state index is 0.